The van der Waals surface area contributed by atoms with Gasteiger partial charge in [-0.05, 0) is 54.9 Å². The Morgan fingerprint density at radius 2 is 1.73 bits per heavy atom. The van der Waals surface area contributed by atoms with Crippen LogP contribution in [0.4, 0.5) is 0 Å². The maximum Gasteiger partial charge on any atom is 0.262 e. The maximum absolute atomic E-state index is 13.3. The van der Waals surface area contributed by atoms with Gasteiger partial charge in [0.2, 0.25) is 11.8 Å². The zero-order valence-corrected chi connectivity index (χ0v) is 19.3. The van der Waals surface area contributed by atoms with Crippen molar-refractivity contribution in [1.82, 2.24) is 15.1 Å². The van der Waals surface area contributed by atoms with Crippen LogP contribution in [0.25, 0.3) is 0 Å². The SMILES string of the molecule is CC(C)(C)CC(=O)N1CCC(C(NC(=O)c2cccs2)C(=O)N2CCCCC2)CC1. The molecule has 2 aliphatic rings. The Morgan fingerprint density at radius 3 is 2.30 bits per heavy atom. The molecule has 2 fully saturated rings. The van der Waals surface area contributed by atoms with Gasteiger partial charge in [0, 0.05) is 32.6 Å². The molecule has 3 rings (SSSR count). The molecule has 1 N–H and O–H groups in total. The van der Waals surface area contributed by atoms with Crippen molar-refractivity contribution in [2.75, 3.05) is 26.2 Å². The molecule has 0 saturated carbocycles. The van der Waals surface area contributed by atoms with Crippen molar-refractivity contribution >= 4 is 29.1 Å². The fourth-order valence-corrected chi connectivity index (χ4v) is 4.99. The first-order valence-corrected chi connectivity index (χ1v) is 12.0. The van der Waals surface area contributed by atoms with E-state index in [-0.39, 0.29) is 29.1 Å². The van der Waals surface area contributed by atoms with E-state index in [1.807, 2.05) is 21.2 Å². The molecule has 0 aromatic carbocycles. The average Bonchev–Trinajstić information content (AvgIpc) is 3.26. The molecule has 0 radical (unpaired) electrons. The first-order valence-electron chi connectivity index (χ1n) is 11.2. The first-order chi connectivity index (χ1) is 14.2. The molecule has 1 aromatic rings. The summed E-state index contributed by atoms with van der Waals surface area (Å²) in [5.74, 6) is 0.107. The minimum Gasteiger partial charge on any atom is -0.343 e. The van der Waals surface area contributed by atoms with Gasteiger partial charge in [-0.15, -0.1) is 11.3 Å². The van der Waals surface area contributed by atoms with Gasteiger partial charge >= 0.3 is 0 Å². The third-order valence-corrected chi connectivity index (χ3v) is 6.88. The van der Waals surface area contributed by atoms with Crippen molar-refractivity contribution in [3.8, 4) is 0 Å². The van der Waals surface area contributed by atoms with Crippen LogP contribution in [0, 0.1) is 11.3 Å². The second-order valence-electron chi connectivity index (χ2n) is 9.77. The largest absolute Gasteiger partial charge is 0.343 e. The fraction of sp³-hybridized carbons (Fsp3) is 0.696. The van der Waals surface area contributed by atoms with Gasteiger partial charge < -0.3 is 15.1 Å². The van der Waals surface area contributed by atoms with Gasteiger partial charge in [-0.2, -0.15) is 0 Å². The molecular formula is C23H35N3O3S. The van der Waals surface area contributed by atoms with Crippen LogP contribution in [0.2, 0.25) is 0 Å². The predicted molar refractivity (Wildman–Crippen MR) is 119 cm³/mol. The highest BCUT2D eigenvalue weighted by atomic mass is 32.1. The zero-order chi connectivity index (χ0) is 21.7. The van der Waals surface area contributed by atoms with Crippen LogP contribution >= 0.6 is 11.3 Å². The molecule has 7 heteroatoms. The maximum atomic E-state index is 13.3. The Hall–Kier alpha value is -1.89. The van der Waals surface area contributed by atoms with E-state index in [1.54, 1.807) is 6.07 Å². The summed E-state index contributed by atoms with van der Waals surface area (Å²) in [5.41, 5.74) is -0.0324. The smallest absolute Gasteiger partial charge is 0.262 e. The summed E-state index contributed by atoms with van der Waals surface area (Å²) in [6.07, 6.45) is 5.22. The molecule has 0 bridgehead atoms. The molecule has 1 atom stereocenters. The van der Waals surface area contributed by atoms with Crippen LogP contribution in [-0.2, 0) is 9.59 Å². The fourth-order valence-electron chi connectivity index (χ4n) is 4.36. The van der Waals surface area contributed by atoms with Gasteiger partial charge in [0.15, 0.2) is 0 Å². The summed E-state index contributed by atoms with van der Waals surface area (Å²) in [4.78, 5) is 43.1. The molecule has 1 unspecified atom stereocenters. The lowest BCUT2D eigenvalue weighted by Crippen LogP contribution is -2.55. The second-order valence-corrected chi connectivity index (χ2v) is 10.7. The highest BCUT2D eigenvalue weighted by Gasteiger charge is 2.37. The van der Waals surface area contributed by atoms with E-state index in [4.69, 9.17) is 0 Å². The molecule has 30 heavy (non-hydrogen) atoms. The van der Waals surface area contributed by atoms with Crippen molar-refractivity contribution in [2.45, 2.75) is 65.3 Å². The van der Waals surface area contributed by atoms with Crippen molar-refractivity contribution in [3.05, 3.63) is 22.4 Å². The highest BCUT2D eigenvalue weighted by molar-refractivity contribution is 7.12. The van der Waals surface area contributed by atoms with Gasteiger partial charge in [-0.25, -0.2) is 0 Å². The van der Waals surface area contributed by atoms with E-state index >= 15 is 0 Å². The number of amides is 3. The first kappa shape index (κ1) is 22.8. The average molecular weight is 434 g/mol. The molecule has 3 heterocycles. The van der Waals surface area contributed by atoms with E-state index in [0.717, 1.165) is 45.2 Å². The molecule has 0 aliphatic carbocycles. The van der Waals surface area contributed by atoms with Crippen molar-refractivity contribution in [3.63, 3.8) is 0 Å². The zero-order valence-electron chi connectivity index (χ0n) is 18.5. The number of rotatable bonds is 5. The lowest BCUT2D eigenvalue weighted by Gasteiger charge is -2.39. The monoisotopic (exact) mass is 433 g/mol. The van der Waals surface area contributed by atoms with Gasteiger partial charge in [0.1, 0.15) is 6.04 Å². The summed E-state index contributed by atoms with van der Waals surface area (Å²) in [7, 11) is 0. The number of hydrogen-bond donors (Lipinski definition) is 1. The topological polar surface area (TPSA) is 69.7 Å². The van der Waals surface area contributed by atoms with Gasteiger partial charge in [0.05, 0.1) is 4.88 Å². The van der Waals surface area contributed by atoms with Crippen molar-refractivity contribution < 1.29 is 14.4 Å². The summed E-state index contributed by atoms with van der Waals surface area (Å²) in [5, 5.41) is 4.92. The van der Waals surface area contributed by atoms with E-state index in [1.165, 1.54) is 11.3 Å². The number of hydrogen-bond acceptors (Lipinski definition) is 4. The van der Waals surface area contributed by atoms with Gasteiger partial charge in [-0.3, -0.25) is 14.4 Å². The van der Waals surface area contributed by atoms with Crippen LogP contribution in [0.5, 0.6) is 0 Å². The van der Waals surface area contributed by atoms with Crippen LogP contribution in [0.15, 0.2) is 17.5 Å². The summed E-state index contributed by atoms with van der Waals surface area (Å²) >= 11 is 1.39. The Bertz CT molecular complexity index is 727. The summed E-state index contributed by atoms with van der Waals surface area (Å²) in [6.45, 7) is 9.07. The van der Waals surface area contributed by atoms with E-state index in [9.17, 15) is 14.4 Å². The molecule has 2 saturated heterocycles. The third kappa shape index (κ3) is 6.06. The number of likely N-dealkylation sites (tertiary alicyclic amines) is 2. The normalized spacial score (nSPS) is 19.4. The number of carbonyl (C=O) groups excluding carboxylic acids is 3. The van der Waals surface area contributed by atoms with E-state index in [0.29, 0.717) is 24.4 Å². The summed E-state index contributed by atoms with van der Waals surface area (Å²) < 4.78 is 0. The Morgan fingerprint density at radius 1 is 1.07 bits per heavy atom. The molecule has 2 aliphatic heterocycles. The van der Waals surface area contributed by atoms with Crippen LogP contribution < -0.4 is 5.32 Å². The Labute approximate surface area is 184 Å². The molecule has 166 valence electrons. The number of thiophene rings is 1. The minimum atomic E-state index is -0.516. The Balaban J connectivity index is 1.66. The molecule has 6 nitrogen and oxygen atoms in total. The summed E-state index contributed by atoms with van der Waals surface area (Å²) in [6, 6.07) is 3.12. The number of nitrogens with zero attached hydrogens (tertiary/aromatic N) is 2. The lowest BCUT2D eigenvalue weighted by molar-refractivity contribution is -0.137. The molecule has 3 amide bonds. The minimum absolute atomic E-state index is 0.0324. The second kappa shape index (κ2) is 9.94. The third-order valence-electron chi connectivity index (χ3n) is 6.01. The number of carbonyl (C=O) groups is 3. The van der Waals surface area contributed by atoms with E-state index < -0.39 is 6.04 Å². The standard InChI is InChI=1S/C23H35N3O3S/c1-23(2,3)16-19(27)25-13-9-17(10-14-25)20(22(29)26-11-5-4-6-12-26)24-21(28)18-8-7-15-30-18/h7-8,15,17,20H,4-6,9-14,16H2,1-3H3,(H,24,28). The van der Waals surface area contributed by atoms with Gasteiger partial charge in [-0.1, -0.05) is 26.8 Å². The predicted octanol–water partition coefficient (Wildman–Crippen LogP) is 3.53. The molecule has 1 aromatic heterocycles. The molecule has 0 spiro atoms. The van der Waals surface area contributed by atoms with Crippen molar-refractivity contribution in [2.24, 2.45) is 11.3 Å². The lowest BCUT2D eigenvalue weighted by atomic mass is 9.86. The van der Waals surface area contributed by atoms with Gasteiger partial charge in [0.25, 0.3) is 5.91 Å². The number of nitrogens with one attached hydrogen (secondary N) is 1. The van der Waals surface area contributed by atoms with Crippen LogP contribution in [0.1, 0.15) is 69.0 Å². The Kier molecular flexibility index (Phi) is 7.55. The highest BCUT2D eigenvalue weighted by Crippen LogP contribution is 2.27. The quantitative estimate of drug-likeness (QED) is 0.772. The van der Waals surface area contributed by atoms with Crippen LogP contribution in [-0.4, -0.2) is 59.7 Å². The van der Waals surface area contributed by atoms with Crippen molar-refractivity contribution in [1.29, 1.82) is 0 Å². The van der Waals surface area contributed by atoms with E-state index in [2.05, 4.69) is 26.1 Å². The number of piperidine rings is 2. The van der Waals surface area contributed by atoms with Crippen LogP contribution in [0.3, 0.4) is 0 Å². The molecular weight excluding hydrogens is 398 g/mol.